The summed E-state index contributed by atoms with van der Waals surface area (Å²) in [6.45, 7) is 4.19. The average Bonchev–Trinajstić information content (AvgIpc) is 2.83. The molecule has 1 aliphatic heterocycles. The molecule has 3 rings (SSSR count). The molecule has 4 heteroatoms. The zero-order valence-electron chi connectivity index (χ0n) is 9.83. The monoisotopic (exact) mass is 264 g/mol. The molecule has 0 unspecified atom stereocenters. The minimum Gasteiger partial charge on any atom is -0.221 e. The van der Waals surface area contributed by atoms with Gasteiger partial charge < -0.3 is 0 Å². The largest absolute Gasteiger partial charge is 0.221 e. The molecule has 2 heterocycles. The Hall–Kier alpha value is -0.930. The molecule has 0 amide bonds. The van der Waals surface area contributed by atoms with Gasteiger partial charge in [-0.15, -0.1) is 0 Å². The summed E-state index contributed by atoms with van der Waals surface area (Å²) >= 11 is 8.28. The maximum atomic E-state index is 6.40. The van der Waals surface area contributed by atoms with Gasteiger partial charge in [0, 0.05) is 17.1 Å². The third-order valence-electron chi connectivity index (χ3n) is 3.07. The van der Waals surface area contributed by atoms with Gasteiger partial charge in [-0.25, -0.2) is 4.68 Å². The molecule has 1 aromatic heterocycles. The number of halogens is 1. The van der Waals surface area contributed by atoms with E-state index >= 15 is 0 Å². The normalized spacial score (nSPS) is 14.1. The molecule has 0 atom stereocenters. The molecule has 0 bridgehead atoms. The van der Waals surface area contributed by atoms with Crippen molar-refractivity contribution in [3.05, 3.63) is 45.7 Å². The number of rotatable bonds is 1. The maximum absolute atomic E-state index is 6.40. The van der Waals surface area contributed by atoms with Crippen LogP contribution in [0.2, 0.25) is 5.15 Å². The number of thioether (sulfide) groups is 1. The Labute approximate surface area is 110 Å². The molecule has 0 N–H and O–H groups in total. The number of aromatic nitrogens is 2. The van der Waals surface area contributed by atoms with Gasteiger partial charge in [0.1, 0.15) is 5.15 Å². The quantitative estimate of drug-likeness (QED) is 0.778. The summed E-state index contributed by atoms with van der Waals surface area (Å²) in [6, 6.07) is 6.35. The highest BCUT2D eigenvalue weighted by molar-refractivity contribution is 7.98. The lowest BCUT2D eigenvalue weighted by Crippen LogP contribution is -2.00. The molecule has 88 valence electrons. The second-order valence-corrected chi connectivity index (χ2v) is 5.75. The van der Waals surface area contributed by atoms with Crippen LogP contribution in [0.3, 0.4) is 0 Å². The highest BCUT2D eigenvalue weighted by atomic mass is 35.5. The molecule has 0 saturated heterocycles. The van der Waals surface area contributed by atoms with E-state index in [1.807, 2.05) is 16.4 Å². The first-order chi connectivity index (χ1) is 8.16. The van der Waals surface area contributed by atoms with Gasteiger partial charge in [0.05, 0.1) is 11.4 Å². The number of nitrogens with zero attached hydrogens (tertiary/aromatic N) is 2. The van der Waals surface area contributed by atoms with Crippen molar-refractivity contribution in [1.29, 1.82) is 0 Å². The van der Waals surface area contributed by atoms with Crippen molar-refractivity contribution < 1.29 is 0 Å². The van der Waals surface area contributed by atoms with Gasteiger partial charge in [0.2, 0.25) is 0 Å². The molecule has 0 saturated carbocycles. The predicted molar refractivity (Wildman–Crippen MR) is 73.0 cm³/mol. The van der Waals surface area contributed by atoms with E-state index in [-0.39, 0.29) is 0 Å². The molecular weight excluding hydrogens is 252 g/mol. The lowest BCUT2D eigenvalue weighted by atomic mass is 10.1. The Kier molecular flexibility index (Phi) is 2.68. The van der Waals surface area contributed by atoms with Crippen molar-refractivity contribution in [2.75, 3.05) is 0 Å². The van der Waals surface area contributed by atoms with Gasteiger partial charge in [0.15, 0.2) is 0 Å². The van der Waals surface area contributed by atoms with Crippen LogP contribution in [-0.4, -0.2) is 9.78 Å². The van der Waals surface area contributed by atoms with Gasteiger partial charge in [0.25, 0.3) is 0 Å². The lowest BCUT2D eigenvalue weighted by molar-refractivity contribution is 0.853. The minimum absolute atomic E-state index is 0.775. The fraction of sp³-hybridized carbons (Fsp3) is 0.308. The number of aryl methyl sites for hydroxylation is 2. The van der Waals surface area contributed by atoms with E-state index in [9.17, 15) is 0 Å². The van der Waals surface area contributed by atoms with Crippen LogP contribution in [0.5, 0.6) is 0 Å². The maximum Gasteiger partial charge on any atom is 0.137 e. The zero-order valence-corrected chi connectivity index (χ0v) is 11.4. The van der Waals surface area contributed by atoms with Crippen molar-refractivity contribution in [2.45, 2.75) is 25.4 Å². The van der Waals surface area contributed by atoms with Gasteiger partial charge in [-0.05, 0) is 25.5 Å². The van der Waals surface area contributed by atoms with Crippen LogP contribution in [0.25, 0.3) is 5.69 Å². The molecule has 0 spiro atoms. The third-order valence-corrected chi connectivity index (χ3v) is 4.43. The molecule has 1 aliphatic rings. The smallest absolute Gasteiger partial charge is 0.137 e. The molecular formula is C13H13ClN2S. The molecule has 17 heavy (non-hydrogen) atoms. The highest BCUT2D eigenvalue weighted by Gasteiger charge is 2.22. The summed E-state index contributed by atoms with van der Waals surface area (Å²) < 4.78 is 1.88. The fourth-order valence-electron chi connectivity index (χ4n) is 2.18. The van der Waals surface area contributed by atoms with Crippen LogP contribution >= 0.6 is 23.4 Å². The summed E-state index contributed by atoms with van der Waals surface area (Å²) in [5, 5.41) is 5.39. The fourth-order valence-corrected chi connectivity index (χ4v) is 3.60. The average molecular weight is 265 g/mol. The van der Waals surface area contributed by atoms with E-state index in [2.05, 4.69) is 37.1 Å². The first-order valence-corrected chi connectivity index (χ1v) is 7.11. The SMILES string of the molecule is Cc1ccc(-n2nc3c(c2Cl)CSC3)c(C)c1. The molecule has 2 nitrogen and oxygen atoms in total. The van der Waals surface area contributed by atoms with Gasteiger partial charge in [-0.1, -0.05) is 29.3 Å². The van der Waals surface area contributed by atoms with E-state index in [1.54, 1.807) is 0 Å². The topological polar surface area (TPSA) is 17.8 Å². The summed E-state index contributed by atoms with van der Waals surface area (Å²) in [5.41, 5.74) is 5.90. The van der Waals surface area contributed by atoms with Crippen LogP contribution in [0.15, 0.2) is 18.2 Å². The number of benzene rings is 1. The molecule has 1 aromatic carbocycles. The van der Waals surface area contributed by atoms with E-state index in [0.717, 1.165) is 28.0 Å². The number of hydrogen-bond donors (Lipinski definition) is 0. The van der Waals surface area contributed by atoms with Crippen LogP contribution in [0.1, 0.15) is 22.4 Å². The Bertz CT molecular complexity index is 589. The van der Waals surface area contributed by atoms with E-state index in [1.165, 1.54) is 16.7 Å². The van der Waals surface area contributed by atoms with Gasteiger partial charge in [-0.3, -0.25) is 0 Å². The van der Waals surface area contributed by atoms with E-state index in [0.29, 0.717) is 0 Å². The van der Waals surface area contributed by atoms with E-state index < -0.39 is 0 Å². The third kappa shape index (κ3) is 1.78. The second kappa shape index (κ2) is 4.07. The number of hydrogen-bond acceptors (Lipinski definition) is 2. The standard InChI is InChI=1S/C13H13ClN2S/c1-8-3-4-12(9(2)5-8)16-13(14)10-6-17-7-11(10)15-16/h3-5H,6-7H2,1-2H3. The highest BCUT2D eigenvalue weighted by Crippen LogP contribution is 2.35. The summed E-state index contributed by atoms with van der Waals surface area (Å²) in [7, 11) is 0. The van der Waals surface area contributed by atoms with Crippen molar-refractivity contribution in [3.8, 4) is 5.69 Å². The first-order valence-electron chi connectivity index (χ1n) is 5.58. The summed E-state index contributed by atoms with van der Waals surface area (Å²) in [5.74, 6) is 1.96. The second-order valence-electron chi connectivity index (χ2n) is 4.41. The molecule has 0 radical (unpaired) electrons. The summed E-state index contributed by atoms with van der Waals surface area (Å²) in [4.78, 5) is 0. The molecule has 0 fully saturated rings. The van der Waals surface area contributed by atoms with Crippen LogP contribution in [-0.2, 0) is 11.5 Å². The van der Waals surface area contributed by atoms with Crippen molar-refractivity contribution in [3.63, 3.8) is 0 Å². The Morgan fingerprint density at radius 1 is 1.29 bits per heavy atom. The van der Waals surface area contributed by atoms with Gasteiger partial charge >= 0.3 is 0 Å². The Balaban J connectivity index is 2.16. The summed E-state index contributed by atoms with van der Waals surface area (Å²) in [6.07, 6.45) is 0. The van der Waals surface area contributed by atoms with E-state index in [4.69, 9.17) is 11.6 Å². The van der Waals surface area contributed by atoms with Crippen molar-refractivity contribution >= 4 is 23.4 Å². The predicted octanol–water partition coefficient (Wildman–Crippen LogP) is 3.89. The Morgan fingerprint density at radius 2 is 2.12 bits per heavy atom. The van der Waals surface area contributed by atoms with Crippen LogP contribution in [0.4, 0.5) is 0 Å². The van der Waals surface area contributed by atoms with Crippen LogP contribution < -0.4 is 0 Å². The lowest BCUT2D eigenvalue weighted by Gasteiger charge is -2.08. The number of fused-ring (bicyclic) bond motifs is 1. The Morgan fingerprint density at radius 3 is 2.82 bits per heavy atom. The zero-order chi connectivity index (χ0) is 12.0. The minimum atomic E-state index is 0.775. The van der Waals surface area contributed by atoms with Crippen molar-refractivity contribution in [1.82, 2.24) is 9.78 Å². The van der Waals surface area contributed by atoms with Crippen LogP contribution in [0, 0.1) is 13.8 Å². The first kappa shape index (κ1) is 11.2. The molecule has 0 aliphatic carbocycles. The van der Waals surface area contributed by atoms with Crippen molar-refractivity contribution in [2.24, 2.45) is 0 Å². The molecule has 2 aromatic rings. The van der Waals surface area contributed by atoms with Gasteiger partial charge in [-0.2, -0.15) is 16.9 Å².